The van der Waals surface area contributed by atoms with Crippen molar-refractivity contribution in [2.24, 2.45) is 22.0 Å². The van der Waals surface area contributed by atoms with E-state index in [2.05, 4.69) is 10.1 Å². The molecule has 1 amide bonds. The van der Waals surface area contributed by atoms with Gasteiger partial charge in [-0.05, 0) is 118 Å². The second-order valence-corrected chi connectivity index (χ2v) is 20.2. The quantitative estimate of drug-likeness (QED) is 0.111. The highest BCUT2D eigenvalue weighted by Gasteiger charge is 2.25. The Balaban J connectivity index is -0.000000322. The molecule has 2 fully saturated rings. The molecule has 5 N–H and O–H groups in total. The molecule has 2 atom stereocenters. The third-order valence-electron chi connectivity index (χ3n) is 7.20. The van der Waals surface area contributed by atoms with E-state index in [1.807, 2.05) is 89.2 Å². The standard InChI is InChI=1S/C12H25NO3.C10H18O5.C7H17NO.C7H11NO.2C4H8O/c1-11(2,3)9(14)7-8-13-10(15)16-12(4,5)6;1-9(2,3)14-7(11)13-8(12)15-10(4,5)6;2*1-7(2,3)6(9)4-5-8;2*1-2-4-5-3-1/h9,14H,7-8H2,1-6H3,(H,13,15);1-6H3;6,9H,4-5,8H2,1-3H3;4H2,1-3H3;2*1-4H2. The Morgan fingerprint density at radius 2 is 0.966 bits per heavy atom. The molecular formula is C44H87N3O12. The van der Waals surface area contributed by atoms with Gasteiger partial charge in [-0.2, -0.15) is 5.26 Å². The van der Waals surface area contributed by atoms with Crippen molar-refractivity contribution in [1.82, 2.24) is 5.32 Å². The average molecular weight is 850 g/mol. The smallest absolute Gasteiger partial charge is 0.444 e. The second kappa shape index (κ2) is 30.9. The van der Waals surface area contributed by atoms with Gasteiger partial charge in [0.1, 0.15) is 16.8 Å². The van der Waals surface area contributed by atoms with Crippen LogP contribution in [-0.2, 0) is 33.2 Å². The predicted molar refractivity (Wildman–Crippen MR) is 232 cm³/mol. The maximum atomic E-state index is 11.3. The van der Waals surface area contributed by atoms with Crippen LogP contribution in [0.4, 0.5) is 14.4 Å². The van der Waals surface area contributed by atoms with Gasteiger partial charge in [-0.1, -0.05) is 62.3 Å². The van der Waals surface area contributed by atoms with Crippen LogP contribution in [-0.4, -0.2) is 103 Å². The highest BCUT2D eigenvalue weighted by atomic mass is 16.8. The Labute approximate surface area is 358 Å². The van der Waals surface area contributed by atoms with E-state index in [1.165, 1.54) is 25.7 Å². The van der Waals surface area contributed by atoms with Crippen molar-refractivity contribution in [3.63, 3.8) is 0 Å². The van der Waals surface area contributed by atoms with E-state index in [0.29, 0.717) is 25.9 Å². The largest absolute Gasteiger partial charge is 0.519 e. The number of nitriles is 1. The van der Waals surface area contributed by atoms with Crippen LogP contribution in [0.15, 0.2) is 0 Å². The zero-order valence-corrected chi connectivity index (χ0v) is 40.3. The number of aliphatic hydroxyl groups is 2. The minimum absolute atomic E-state index is 0.00463. The van der Waals surface area contributed by atoms with Crippen LogP contribution in [0.3, 0.4) is 0 Å². The summed E-state index contributed by atoms with van der Waals surface area (Å²) in [7, 11) is 0. The summed E-state index contributed by atoms with van der Waals surface area (Å²) in [5, 5.41) is 29.8. The molecule has 59 heavy (non-hydrogen) atoms. The Hall–Kier alpha value is -3.03. The summed E-state index contributed by atoms with van der Waals surface area (Å²) in [5.74, 6) is 0.00463. The molecule has 0 aromatic rings. The van der Waals surface area contributed by atoms with Crippen LogP contribution in [0.5, 0.6) is 0 Å². The fourth-order valence-electron chi connectivity index (χ4n) is 3.62. The fraction of sp³-hybridized carbons (Fsp3) is 0.886. The van der Waals surface area contributed by atoms with Crippen LogP contribution in [0.1, 0.15) is 170 Å². The number of aliphatic hydroxyl groups excluding tert-OH is 2. The van der Waals surface area contributed by atoms with Crippen molar-refractivity contribution in [1.29, 1.82) is 5.26 Å². The van der Waals surface area contributed by atoms with Gasteiger partial charge in [-0.15, -0.1) is 0 Å². The zero-order chi connectivity index (χ0) is 47.3. The number of alkyl carbamates (subject to hydrolysis) is 1. The first-order valence-electron chi connectivity index (χ1n) is 20.7. The van der Waals surface area contributed by atoms with Crippen molar-refractivity contribution < 1.29 is 57.8 Å². The van der Waals surface area contributed by atoms with Gasteiger partial charge in [0, 0.05) is 38.4 Å². The van der Waals surface area contributed by atoms with Gasteiger partial charge >= 0.3 is 18.4 Å². The van der Waals surface area contributed by atoms with E-state index in [0.717, 1.165) is 26.4 Å². The Kier molecular flexibility index (Phi) is 32.8. The Morgan fingerprint density at radius 3 is 1.17 bits per heavy atom. The van der Waals surface area contributed by atoms with Crippen molar-refractivity contribution >= 4 is 24.2 Å². The van der Waals surface area contributed by atoms with Crippen LogP contribution in [0, 0.1) is 27.6 Å². The summed E-state index contributed by atoms with van der Waals surface area (Å²) >= 11 is 0. The van der Waals surface area contributed by atoms with Gasteiger partial charge < -0.3 is 49.7 Å². The van der Waals surface area contributed by atoms with Gasteiger partial charge in [0.05, 0.1) is 24.7 Å². The molecule has 0 aliphatic carbocycles. The second-order valence-electron chi connectivity index (χ2n) is 20.2. The van der Waals surface area contributed by atoms with Crippen LogP contribution < -0.4 is 11.1 Å². The number of hydrogen-bond donors (Lipinski definition) is 4. The van der Waals surface area contributed by atoms with Gasteiger partial charge in [-0.3, -0.25) is 4.79 Å². The van der Waals surface area contributed by atoms with E-state index < -0.39 is 41.3 Å². The summed E-state index contributed by atoms with van der Waals surface area (Å²) < 4.78 is 28.8. The molecule has 0 radical (unpaired) electrons. The molecule has 2 heterocycles. The lowest BCUT2D eigenvalue weighted by Crippen LogP contribution is -2.36. The molecule has 15 heteroatoms. The van der Waals surface area contributed by atoms with Gasteiger partial charge in [0.25, 0.3) is 0 Å². The Bertz CT molecular complexity index is 1120. The molecule has 2 saturated heterocycles. The number of nitrogens with zero attached hydrogens (tertiary/aromatic N) is 1. The van der Waals surface area contributed by atoms with E-state index in [1.54, 1.807) is 41.5 Å². The number of amides is 1. The van der Waals surface area contributed by atoms with E-state index >= 15 is 0 Å². The van der Waals surface area contributed by atoms with E-state index in [4.69, 9.17) is 34.7 Å². The van der Waals surface area contributed by atoms with Crippen LogP contribution in [0.25, 0.3) is 0 Å². The van der Waals surface area contributed by atoms with Gasteiger partial charge in [0.15, 0.2) is 5.78 Å². The van der Waals surface area contributed by atoms with Gasteiger partial charge in [0.2, 0.25) is 0 Å². The highest BCUT2D eigenvalue weighted by Crippen LogP contribution is 2.22. The molecule has 350 valence electrons. The zero-order valence-electron chi connectivity index (χ0n) is 40.3. The molecule has 15 nitrogen and oxygen atoms in total. The minimum atomic E-state index is -1.06. The highest BCUT2D eigenvalue weighted by molar-refractivity contribution is 5.85. The molecule has 2 aliphatic heterocycles. The predicted octanol–water partition coefficient (Wildman–Crippen LogP) is 9.03. The molecule has 0 spiro atoms. The maximum Gasteiger partial charge on any atom is 0.519 e. The molecule has 2 aliphatic rings. The molecule has 0 bridgehead atoms. The summed E-state index contributed by atoms with van der Waals surface area (Å²) in [4.78, 5) is 44.1. The number of Topliss-reactive ketones (excluding diaryl/α,β-unsaturated/α-hetero) is 1. The van der Waals surface area contributed by atoms with Crippen molar-refractivity contribution in [3.8, 4) is 6.07 Å². The van der Waals surface area contributed by atoms with Crippen LogP contribution in [0.2, 0.25) is 0 Å². The minimum Gasteiger partial charge on any atom is -0.444 e. The average Bonchev–Trinajstić information content (AvgIpc) is 3.78. The van der Waals surface area contributed by atoms with Crippen molar-refractivity contribution in [3.05, 3.63) is 0 Å². The van der Waals surface area contributed by atoms with Crippen molar-refractivity contribution in [2.75, 3.05) is 39.5 Å². The number of rotatable bonds is 6. The SMILES string of the molecule is C1CCOC1.C1CCOC1.CC(C)(C)C(=O)CC#N.CC(C)(C)C(O)CCN.CC(C)(C)OC(=O)NCCC(O)C(C)(C)C.CC(C)(C)OC(=O)OC(=O)OC(C)(C)C. The van der Waals surface area contributed by atoms with E-state index in [-0.39, 0.29) is 34.6 Å². The number of nitrogens with two attached hydrogens (primary N) is 1. The number of carbonyl (C=O) groups is 4. The first-order chi connectivity index (χ1) is 26.5. The number of carbonyl (C=O) groups excluding carboxylic acids is 4. The third kappa shape index (κ3) is 49.2. The Morgan fingerprint density at radius 1 is 0.627 bits per heavy atom. The number of nitrogens with one attached hydrogen (secondary N) is 1. The molecule has 0 aromatic carbocycles. The first kappa shape index (κ1) is 62.6. The van der Waals surface area contributed by atoms with Gasteiger partial charge in [-0.25, -0.2) is 14.4 Å². The number of hydrogen-bond acceptors (Lipinski definition) is 14. The molecule has 2 unspecified atom stereocenters. The maximum absolute atomic E-state index is 11.3. The molecule has 0 saturated carbocycles. The number of ether oxygens (including phenoxy) is 6. The third-order valence-corrected chi connectivity index (χ3v) is 7.20. The lowest BCUT2D eigenvalue weighted by atomic mass is 9.87. The first-order valence-corrected chi connectivity index (χ1v) is 20.7. The monoisotopic (exact) mass is 850 g/mol. The normalized spacial score (nSPS) is 15.0. The van der Waals surface area contributed by atoms with Crippen LogP contribution >= 0.6 is 0 Å². The van der Waals surface area contributed by atoms with Crippen molar-refractivity contribution in [2.45, 2.75) is 199 Å². The topological polar surface area (TPSA) is 226 Å². The summed E-state index contributed by atoms with van der Waals surface area (Å²) in [5.41, 5.74) is 2.87. The molecule has 0 aromatic heterocycles. The lowest BCUT2D eigenvalue weighted by Gasteiger charge is -2.26. The summed E-state index contributed by atoms with van der Waals surface area (Å²) in [6, 6.07) is 1.82. The molecular weight excluding hydrogens is 762 g/mol. The summed E-state index contributed by atoms with van der Waals surface area (Å²) in [6.07, 6.45) is 3.13. The molecule has 2 rings (SSSR count). The van der Waals surface area contributed by atoms with E-state index in [9.17, 15) is 29.4 Å². The fourth-order valence-corrected chi connectivity index (χ4v) is 3.62. The lowest BCUT2D eigenvalue weighted by molar-refractivity contribution is -0.125. The number of ketones is 1. The summed E-state index contributed by atoms with van der Waals surface area (Å²) in [6.45, 7) is 37.8.